The zero-order valence-electron chi connectivity index (χ0n) is 11.6. The number of aliphatic hydroxyl groups is 1. The molecule has 0 aromatic carbocycles. The number of nitrogens with one attached hydrogen (secondary N) is 1. The van der Waals surface area contributed by atoms with Gasteiger partial charge in [0.1, 0.15) is 0 Å². The molecule has 2 unspecified atom stereocenters. The van der Waals surface area contributed by atoms with E-state index in [4.69, 9.17) is 11.6 Å². The number of carbonyl (C=O) groups is 1. The first kappa shape index (κ1) is 13.1. The van der Waals surface area contributed by atoms with Crippen molar-refractivity contribution in [2.24, 2.45) is 11.8 Å². The Morgan fingerprint density at radius 1 is 1.52 bits per heavy atom. The SMILES string of the molecule is CC(=O)NC1C2CC(O)(c3cc(Cl)cn4cncc34)CC21. The van der Waals surface area contributed by atoms with Gasteiger partial charge in [-0.2, -0.15) is 0 Å². The van der Waals surface area contributed by atoms with Crippen molar-refractivity contribution in [3.8, 4) is 0 Å². The van der Waals surface area contributed by atoms with E-state index in [9.17, 15) is 9.90 Å². The maximum atomic E-state index is 11.1. The van der Waals surface area contributed by atoms with E-state index in [2.05, 4.69) is 10.3 Å². The van der Waals surface area contributed by atoms with Gasteiger partial charge in [-0.15, -0.1) is 0 Å². The number of aromatic nitrogens is 2. The number of nitrogens with zero attached hydrogens (tertiary/aromatic N) is 2. The molecule has 4 rings (SSSR count). The van der Waals surface area contributed by atoms with Crippen LogP contribution in [-0.4, -0.2) is 26.4 Å². The number of hydrogen-bond acceptors (Lipinski definition) is 3. The minimum Gasteiger partial charge on any atom is -0.385 e. The predicted octanol–water partition coefficient (Wildman–Crippen LogP) is 1.72. The van der Waals surface area contributed by atoms with E-state index in [1.54, 1.807) is 18.7 Å². The summed E-state index contributed by atoms with van der Waals surface area (Å²) in [6, 6.07) is 2.05. The van der Waals surface area contributed by atoms with E-state index < -0.39 is 5.60 Å². The van der Waals surface area contributed by atoms with Crippen molar-refractivity contribution < 1.29 is 9.90 Å². The van der Waals surface area contributed by atoms with Crippen molar-refractivity contribution >= 4 is 23.0 Å². The maximum absolute atomic E-state index is 11.1. The van der Waals surface area contributed by atoms with Gasteiger partial charge in [0.15, 0.2) is 0 Å². The zero-order chi connectivity index (χ0) is 14.8. The molecule has 21 heavy (non-hydrogen) atoms. The fourth-order valence-corrected chi connectivity index (χ4v) is 4.12. The summed E-state index contributed by atoms with van der Waals surface area (Å²) in [5, 5.41) is 14.6. The van der Waals surface area contributed by atoms with Crippen LogP contribution >= 0.6 is 11.6 Å². The maximum Gasteiger partial charge on any atom is 0.217 e. The number of carbonyl (C=O) groups excluding carboxylic acids is 1. The normalized spacial score (nSPS) is 34.0. The van der Waals surface area contributed by atoms with Crippen molar-refractivity contribution in [3.63, 3.8) is 0 Å². The summed E-state index contributed by atoms with van der Waals surface area (Å²) in [6.07, 6.45) is 6.53. The third-order valence-electron chi connectivity index (χ3n) is 4.84. The summed E-state index contributed by atoms with van der Waals surface area (Å²) in [5.41, 5.74) is 0.844. The van der Waals surface area contributed by atoms with E-state index in [0.717, 1.165) is 11.1 Å². The molecule has 2 aliphatic carbocycles. The first-order chi connectivity index (χ1) is 9.98. The highest BCUT2D eigenvalue weighted by Crippen LogP contribution is 2.60. The van der Waals surface area contributed by atoms with Gasteiger partial charge in [-0.05, 0) is 30.7 Å². The number of imidazole rings is 1. The predicted molar refractivity (Wildman–Crippen MR) is 77.9 cm³/mol. The standard InChI is InChI=1S/C15H16ClN3O2/c1-8(20)18-14-10-3-15(21,4-11(10)14)12-2-9(16)6-19-7-17-5-13(12)19/h2,5-7,10-11,14,21H,3-4H2,1H3,(H,18,20). The summed E-state index contributed by atoms with van der Waals surface area (Å²) in [6.45, 7) is 1.53. The van der Waals surface area contributed by atoms with E-state index in [0.29, 0.717) is 29.7 Å². The molecule has 2 heterocycles. The highest BCUT2D eigenvalue weighted by atomic mass is 35.5. The molecule has 6 heteroatoms. The van der Waals surface area contributed by atoms with Crippen LogP contribution < -0.4 is 5.32 Å². The van der Waals surface area contributed by atoms with Crippen molar-refractivity contribution in [1.29, 1.82) is 0 Å². The Bertz CT molecular complexity index is 730. The number of rotatable bonds is 2. The lowest BCUT2D eigenvalue weighted by molar-refractivity contribution is -0.119. The fraction of sp³-hybridized carbons (Fsp3) is 0.467. The Morgan fingerprint density at radius 2 is 2.24 bits per heavy atom. The molecule has 2 aliphatic rings. The lowest BCUT2D eigenvalue weighted by Crippen LogP contribution is -2.32. The van der Waals surface area contributed by atoms with Crippen LogP contribution in [-0.2, 0) is 10.4 Å². The van der Waals surface area contributed by atoms with Gasteiger partial charge in [0.25, 0.3) is 0 Å². The lowest BCUT2D eigenvalue weighted by atomic mass is 9.88. The van der Waals surface area contributed by atoms with Gasteiger partial charge < -0.3 is 14.8 Å². The van der Waals surface area contributed by atoms with Gasteiger partial charge in [0.2, 0.25) is 5.91 Å². The van der Waals surface area contributed by atoms with E-state index >= 15 is 0 Å². The fourth-order valence-electron chi connectivity index (χ4n) is 3.90. The van der Waals surface area contributed by atoms with Crippen LogP contribution in [0, 0.1) is 11.8 Å². The van der Waals surface area contributed by atoms with Gasteiger partial charge in [0.05, 0.1) is 28.7 Å². The molecule has 0 radical (unpaired) electrons. The molecule has 2 atom stereocenters. The third kappa shape index (κ3) is 1.95. The minimum absolute atomic E-state index is 0.00104. The van der Waals surface area contributed by atoms with Crippen LogP contribution in [0.1, 0.15) is 25.3 Å². The summed E-state index contributed by atoms with van der Waals surface area (Å²) >= 11 is 6.15. The Morgan fingerprint density at radius 3 is 2.90 bits per heavy atom. The molecule has 1 amide bonds. The Balaban J connectivity index is 1.65. The molecular weight excluding hydrogens is 290 g/mol. The number of halogens is 1. The smallest absolute Gasteiger partial charge is 0.217 e. The van der Waals surface area contributed by atoms with Crippen LogP contribution in [0.5, 0.6) is 0 Å². The molecule has 5 nitrogen and oxygen atoms in total. The number of amides is 1. The molecular formula is C15H16ClN3O2. The van der Waals surface area contributed by atoms with Crippen LogP contribution in [0.3, 0.4) is 0 Å². The molecule has 2 aromatic heterocycles. The van der Waals surface area contributed by atoms with Gasteiger partial charge in [-0.3, -0.25) is 4.79 Å². The van der Waals surface area contributed by atoms with Gasteiger partial charge in [-0.1, -0.05) is 11.6 Å². The topological polar surface area (TPSA) is 66.6 Å². The minimum atomic E-state index is -0.878. The Kier molecular flexibility index (Phi) is 2.63. The second-order valence-electron chi connectivity index (χ2n) is 6.25. The van der Waals surface area contributed by atoms with Crippen LogP contribution in [0.15, 0.2) is 24.8 Å². The van der Waals surface area contributed by atoms with Crippen LogP contribution in [0.2, 0.25) is 5.02 Å². The molecule has 2 aromatic rings. The van der Waals surface area contributed by atoms with Gasteiger partial charge in [-0.25, -0.2) is 4.98 Å². The lowest BCUT2D eigenvalue weighted by Gasteiger charge is -2.27. The molecule has 110 valence electrons. The monoisotopic (exact) mass is 305 g/mol. The van der Waals surface area contributed by atoms with Gasteiger partial charge in [0, 0.05) is 24.7 Å². The van der Waals surface area contributed by atoms with Crippen molar-refractivity contribution in [3.05, 3.63) is 35.4 Å². The molecule has 0 saturated heterocycles. The summed E-state index contributed by atoms with van der Waals surface area (Å²) in [4.78, 5) is 15.3. The first-order valence-corrected chi connectivity index (χ1v) is 7.47. The number of fused-ring (bicyclic) bond motifs is 2. The molecule has 0 bridgehead atoms. The molecule has 2 fully saturated rings. The molecule has 0 spiro atoms. The van der Waals surface area contributed by atoms with Crippen molar-refractivity contribution in [1.82, 2.24) is 14.7 Å². The average Bonchev–Trinajstić information content (AvgIpc) is 2.83. The van der Waals surface area contributed by atoms with Crippen molar-refractivity contribution in [2.75, 3.05) is 0 Å². The number of pyridine rings is 1. The van der Waals surface area contributed by atoms with E-state index in [-0.39, 0.29) is 11.9 Å². The highest BCUT2D eigenvalue weighted by molar-refractivity contribution is 6.30. The second-order valence-corrected chi connectivity index (χ2v) is 6.69. The Labute approximate surface area is 126 Å². The first-order valence-electron chi connectivity index (χ1n) is 7.09. The highest BCUT2D eigenvalue weighted by Gasteiger charge is 2.62. The van der Waals surface area contributed by atoms with Gasteiger partial charge >= 0.3 is 0 Å². The van der Waals surface area contributed by atoms with Crippen LogP contribution in [0.25, 0.3) is 5.52 Å². The Hall–Kier alpha value is -1.59. The third-order valence-corrected chi connectivity index (χ3v) is 5.04. The number of hydrogen-bond donors (Lipinski definition) is 2. The molecule has 0 aliphatic heterocycles. The van der Waals surface area contributed by atoms with Crippen molar-refractivity contribution in [2.45, 2.75) is 31.4 Å². The summed E-state index contributed by atoms with van der Waals surface area (Å²) < 4.78 is 1.84. The average molecular weight is 306 g/mol. The van der Waals surface area contributed by atoms with Crippen LogP contribution in [0.4, 0.5) is 0 Å². The quantitative estimate of drug-likeness (QED) is 0.888. The largest absolute Gasteiger partial charge is 0.385 e. The summed E-state index contributed by atoms with van der Waals surface area (Å²) in [5.74, 6) is 0.723. The molecule has 2 saturated carbocycles. The van der Waals surface area contributed by atoms with E-state index in [1.165, 1.54) is 6.92 Å². The second kappa shape index (κ2) is 4.21. The van der Waals surface area contributed by atoms with E-state index in [1.807, 2.05) is 10.5 Å². The zero-order valence-corrected chi connectivity index (χ0v) is 12.3. The summed E-state index contributed by atoms with van der Waals surface area (Å²) in [7, 11) is 0. The molecule has 2 N–H and O–H groups in total.